The zero-order chi connectivity index (χ0) is 14.2. The Bertz CT molecular complexity index is 487. The molecule has 4 nitrogen and oxygen atoms in total. The van der Waals surface area contributed by atoms with Crippen LogP contribution >= 0.6 is 0 Å². The summed E-state index contributed by atoms with van der Waals surface area (Å²) >= 11 is 0. The van der Waals surface area contributed by atoms with E-state index in [9.17, 15) is 4.79 Å². The lowest BCUT2D eigenvalue weighted by atomic mass is 10.0. The third kappa shape index (κ3) is 4.72. The number of nitrogens with one attached hydrogen (secondary N) is 1. The molecule has 20 heavy (non-hydrogen) atoms. The van der Waals surface area contributed by atoms with E-state index in [-0.39, 0.29) is 12.5 Å². The summed E-state index contributed by atoms with van der Waals surface area (Å²) in [6.07, 6.45) is 3.22. The highest BCUT2D eigenvalue weighted by Gasteiger charge is 2.12. The molecule has 0 aliphatic heterocycles. The quantitative estimate of drug-likeness (QED) is 0.812. The van der Waals surface area contributed by atoms with Gasteiger partial charge in [0.15, 0.2) is 0 Å². The van der Waals surface area contributed by atoms with Crippen molar-refractivity contribution >= 4 is 11.8 Å². The first-order valence-electron chi connectivity index (χ1n) is 6.67. The van der Waals surface area contributed by atoms with E-state index in [1.165, 1.54) is 5.56 Å². The second-order valence-electron chi connectivity index (χ2n) is 4.68. The fourth-order valence-electron chi connectivity index (χ4n) is 2.08. The molecule has 1 unspecified atom stereocenters. The lowest BCUT2D eigenvalue weighted by Crippen LogP contribution is -2.24. The summed E-state index contributed by atoms with van der Waals surface area (Å²) in [5, 5.41) is 12.2. The Labute approximate surface area is 118 Å². The fourth-order valence-corrected chi connectivity index (χ4v) is 2.08. The van der Waals surface area contributed by atoms with E-state index in [0.717, 1.165) is 12.2 Å². The summed E-state index contributed by atoms with van der Waals surface area (Å²) in [4.78, 5) is 15.0. The Morgan fingerprint density at radius 2 is 1.90 bits per heavy atom. The van der Waals surface area contributed by atoms with E-state index in [4.69, 9.17) is 5.11 Å². The zero-order valence-corrected chi connectivity index (χ0v) is 11.2. The standard InChI is InChI=1S/C16H18N2O2/c19-16(20)10-9-14(12-13-6-2-1-3-7-13)18-15-8-4-5-11-17-15/h1-8,11,14H,9-10,12H2,(H,17,18)(H,19,20). The first-order chi connectivity index (χ1) is 9.74. The number of pyridine rings is 1. The molecule has 0 saturated heterocycles. The Morgan fingerprint density at radius 3 is 2.55 bits per heavy atom. The number of carbonyl (C=O) groups is 1. The number of carboxylic acids is 1. The van der Waals surface area contributed by atoms with Crippen molar-refractivity contribution in [3.05, 3.63) is 60.3 Å². The molecular formula is C16H18N2O2. The van der Waals surface area contributed by atoms with Gasteiger partial charge in [0.2, 0.25) is 0 Å². The van der Waals surface area contributed by atoms with Gasteiger partial charge in [0, 0.05) is 18.7 Å². The van der Waals surface area contributed by atoms with Gasteiger partial charge in [-0.3, -0.25) is 4.79 Å². The average Bonchev–Trinajstić information content (AvgIpc) is 2.47. The molecule has 1 aromatic carbocycles. The van der Waals surface area contributed by atoms with Crippen LogP contribution in [-0.2, 0) is 11.2 Å². The maximum Gasteiger partial charge on any atom is 0.303 e. The number of nitrogens with zero attached hydrogens (tertiary/aromatic N) is 1. The lowest BCUT2D eigenvalue weighted by molar-refractivity contribution is -0.137. The van der Waals surface area contributed by atoms with Crippen molar-refractivity contribution in [1.82, 2.24) is 4.98 Å². The number of hydrogen-bond acceptors (Lipinski definition) is 3. The van der Waals surface area contributed by atoms with Crippen molar-refractivity contribution in [2.75, 3.05) is 5.32 Å². The van der Waals surface area contributed by atoms with Crippen LogP contribution in [0.15, 0.2) is 54.7 Å². The first-order valence-corrected chi connectivity index (χ1v) is 6.67. The maximum absolute atomic E-state index is 10.8. The summed E-state index contributed by atoms with van der Waals surface area (Å²) < 4.78 is 0. The summed E-state index contributed by atoms with van der Waals surface area (Å²) in [7, 11) is 0. The van der Waals surface area contributed by atoms with E-state index >= 15 is 0 Å². The van der Waals surface area contributed by atoms with Crippen molar-refractivity contribution in [1.29, 1.82) is 0 Å². The van der Waals surface area contributed by atoms with Gasteiger partial charge in [0.25, 0.3) is 0 Å². The van der Waals surface area contributed by atoms with Gasteiger partial charge >= 0.3 is 5.97 Å². The number of hydrogen-bond donors (Lipinski definition) is 2. The largest absolute Gasteiger partial charge is 0.481 e. The third-order valence-electron chi connectivity index (χ3n) is 3.05. The van der Waals surface area contributed by atoms with E-state index in [2.05, 4.69) is 10.3 Å². The SMILES string of the molecule is O=C(O)CCC(Cc1ccccc1)Nc1ccccn1. The molecule has 2 aromatic rings. The molecule has 0 radical (unpaired) electrons. The molecule has 2 rings (SSSR count). The topological polar surface area (TPSA) is 62.2 Å². The van der Waals surface area contributed by atoms with Crippen molar-refractivity contribution in [2.45, 2.75) is 25.3 Å². The number of aliphatic carboxylic acids is 1. The Kier molecular flexibility index (Phi) is 5.12. The van der Waals surface area contributed by atoms with Crippen molar-refractivity contribution in [2.24, 2.45) is 0 Å². The van der Waals surface area contributed by atoms with Gasteiger partial charge in [-0.05, 0) is 30.5 Å². The van der Waals surface area contributed by atoms with Crippen LogP contribution in [-0.4, -0.2) is 22.1 Å². The molecule has 0 aliphatic rings. The zero-order valence-electron chi connectivity index (χ0n) is 11.2. The predicted octanol–water partition coefficient (Wildman–Crippen LogP) is 2.97. The molecule has 0 aliphatic carbocycles. The second kappa shape index (κ2) is 7.28. The Hall–Kier alpha value is -2.36. The van der Waals surface area contributed by atoms with Crippen LogP contribution in [0.2, 0.25) is 0 Å². The minimum absolute atomic E-state index is 0.0587. The smallest absolute Gasteiger partial charge is 0.303 e. The molecule has 0 spiro atoms. The molecule has 0 fully saturated rings. The molecule has 0 bridgehead atoms. The predicted molar refractivity (Wildman–Crippen MR) is 78.7 cm³/mol. The Balaban J connectivity index is 2.02. The van der Waals surface area contributed by atoms with Crippen molar-refractivity contribution < 1.29 is 9.90 Å². The maximum atomic E-state index is 10.8. The van der Waals surface area contributed by atoms with E-state index in [1.807, 2.05) is 48.5 Å². The summed E-state index contributed by atoms with van der Waals surface area (Å²) in [6, 6.07) is 15.8. The Morgan fingerprint density at radius 1 is 1.15 bits per heavy atom. The molecular weight excluding hydrogens is 252 g/mol. The number of anilines is 1. The molecule has 2 N–H and O–H groups in total. The highest BCUT2D eigenvalue weighted by Crippen LogP contribution is 2.13. The van der Waals surface area contributed by atoms with Crippen LogP contribution in [0.1, 0.15) is 18.4 Å². The normalized spacial score (nSPS) is 11.8. The van der Waals surface area contributed by atoms with Crippen molar-refractivity contribution in [3.8, 4) is 0 Å². The third-order valence-corrected chi connectivity index (χ3v) is 3.05. The van der Waals surface area contributed by atoms with E-state index < -0.39 is 5.97 Å². The van der Waals surface area contributed by atoms with Gasteiger partial charge in [0.05, 0.1) is 0 Å². The van der Waals surface area contributed by atoms with Gasteiger partial charge in [-0.15, -0.1) is 0 Å². The molecule has 0 amide bonds. The van der Waals surface area contributed by atoms with Crippen LogP contribution in [0.4, 0.5) is 5.82 Å². The highest BCUT2D eigenvalue weighted by molar-refractivity contribution is 5.66. The van der Waals surface area contributed by atoms with Crippen molar-refractivity contribution in [3.63, 3.8) is 0 Å². The molecule has 4 heteroatoms. The minimum Gasteiger partial charge on any atom is -0.481 e. The van der Waals surface area contributed by atoms with Crippen LogP contribution in [0.5, 0.6) is 0 Å². The number of rotatable bonds is 7. The van der Waals surface area contributed by atoms with Gasteiger partial charge in [-0.1, -0.05) is 36.4 Å². The molecule has 0 saturated carbocycles. The van der Waals surface area contributed by atoms with Gasteiger partial charge in [0.1, 0.15) is 5.82 Å². The number of benzene rings is 1. The molecule has 1 aromatic heterocycles. The lowest BCUT2D eigenvalue weighted by Gasteiger charge is -2.18. The summed E-state index contributed by atoms with van der Waals surface area (Å²) in [5.74, 6) is 0.00435. The average molecular weight is 270 g/mol. The van der Waals surface area contributed by atoms with Crippen LogP contribution in [0, 0.1) is 0 Å². The minimum atomic E-state index is -0.772. The van der Waals surface area contributed by atoms with Crippen LogP contribution in [0.25, 0.3) is 0 Å². The summed E-state index contributed by atoms with van der Waals surface area (Å²) in [6.45, 7) is 0. The fraction of sp³-hybridized carbons (Fsp3) is 0.250. The number of carboxylic acid groups (broad SMARTS) is 1. The summed E-state index contributed by atoms with van der Waals surface area (Å²) in [5.41, 5.74) is 1.19. The van der Waals surface area contributed by atoms with E-state index in [0.29, 0.717) is 6.42 Å². The van der Waals surface area contributed by atoms with E-state index in [1.54, 1.807) is 6.20 Å². The molecule has 1 atom stereocenters. The molecule has 1 heterocycles. The van der Waals surface area contributed by atoms with Crippen LogP contribution in [0.3, 0.4) is 0 Å². The monoisotopic (exact) mass is 270 g/mol. The first kappa shape index (κ1) is 14.1. The second-order valence-corrected chi connectivity index (χ2v) is 4.68. The van der Waals surface area contributed by atoms with Crippen LogP contribution < -0.4 is 5.32 Å². The number of aromatic nitrogens is 1. The van der Waals surface area contributed by atoms with Gasteiger partial charge in [-0.25, -0.2) is 4.98 Å². The highest BCUT2D eigenvalue weighted by atomic mass is 16.4. The van der Waals surface area contributed by atoms with Gasteiger partial charge < -0.3 is 10.4 Å². The van der Waals surface area contributed by atoms with Gasteiger partial charge in [-0.2, -0.15) is 0 Å². The molecule has 104 valence electrons.